The minimum absolute atomic E-state index is 0.182. The Kier molecular flexibility index (Phi) is 4.54. The summed E-state index contributed by atoms with van der Waals surface area (Å²) in [4.78, 5) is 13.1. The van der Waals surface area contributed by atoms with E-state index in [1.165, 1.54) is 12.1 Å². The lowest BCUT2D eigenvalue weighted by Crippen LogP contribution is -2.25. The van der Waals surface area contributed by atoms with Gasteiger partial charge < -0.3 is 19.0 Å². The molecule has 0 aliphatic heterocycles. The van der Waals surface area contributed by atoms with E-state index in [9.17, 15) is 9.18 Å². The number of nitrogens with one attached hydrogen (secondary N) is 1. The van der Waals surface area contributed by atoms with Gasteiger partial charge in [-0.1, -0.05) is 5.16 Å². The summed E-state index contributed by atoms with van der Waals surface area (Å²) in [5.74, 6) is 1.06. The lowest BCUT2D eigenvalue weighted by atomic mass is 9.99. The summed E-state index contributed by atoms with van der Waals surface area (Å²) in [6, 6.07) is 9.72. The molecule has 31 heavy (non-hydrogen) atoms. The number of aryl methyl sites for hydroxylation is 2. The van der Waals surface area contributed by atoms with E-state index < -0.39 is 0 Å². The zero-order valence-corrected chi connectivity index (χ0v) is 17.4. The van der Waals surface area contributed by atoms with Crippen molar-refractivity contribution in [1.82, 2.24) is 10.5 Å². The van der Waals surface area contributed by atoms with Gasteiger partial charge >= 0.3 is 0 Å². The van der Waals surface area contributed by atoms with Gasteiger partial charge in [-0.2, -0.15) is 0 Å². The Morgan fingerprint density at radius 2 is 1.94 bits per heavy atom. The summed E-state index contributed by atoms with van der Waals surface area (Å²) in [6.07, 6.45) is 1.93. The van der Waals surface area contributed by atoms with Crippen LogP contribution < -0.4 is 10.1 Å². The van der Waals surface area contributed by atoms with Crippen LogP contribution in [0.4, 0.5) is 4.39 Å². The van der Waals surface area contributed by atoms with Gasteiger partial charge in [0, 0.05) is 22.6 Å². The third-order valence-electron chi connectivity index (χ3n) is 5.56. The van der Waals surface area contributed by atoms with Crippen LogP contribution in [0.2, 0.25) is 0 Å². The highest BCUT2D eigenvalue weighted by Gasteiger charge is 2.29. The van der Waals surface area contributed by atoms with Gasteiger partial charge in [0.05, 0.1) is 23.9 Å². The summed E-state index contributed by atoms with van der Waals surface area (Å²) in [5.41, 5.74) is 3.87. The lowest BCUT2D eigenvalue weighted by molar-refractivity contribution is 0.0952. The minimum Gasteiger partial charge on any atom is -0.496 e. The van der Waals surface area contributed by atoms with Crippen LogP contribution in [0.15, 0.2) is 45.3 Å². The summed E-state index contributed by atoms with van der Waals surface area (Å²) in [7, 11) is 1.58. The quantitative estimate of drug-likeness (QED) is 0.467. The fraction of sp³-hybridized carbons (Fsp3) is 0.250. The number of benzene rings is 2. The van der Waals surface area contributed by atoms with Crippen molar-refractivity contribution < 1.29 is 22.9 Å². The molecule has 1 saturated carbocycles. The van der Waals surface area contributed by atoms with E-state index in [0.717, 1.165) is 29.7 Å². The topological polar surface area (TPSA) is 77.5 Å². The van der Waals surface area contributed by atoms with Crippen molar-refractivity contribution in [3.63, 3.8) is 0 Å². The number of nitrogens with zero attached hydrogens (tertiary/aromatic N) is 1. The Bertz CT molecular complexity index is 1280. The van der Waals surface area contributed by atoms with E-state index in [2.05, 4.69) is 10.5 Å². The highest BCUT2D eigenvalue weighted by molar-refractivity contribution is 6.12. The molecule has 158 valence electrons. The molecule has 0 bridgehead atoms. The number of halogens is 1. The van der Waals surface area contributed by atoms with Crippen molar-refractivity contribution >= 4 is 16.9 Å². The summed E-state index contributed by atoms with van der Waals surface area (Å²) in [6.45, 7) is 3.69. The van der Waals surface area contributed by atoms with Crippen molar-refractivity contribution in [2.45, 2.75) is 32.7 Å². The number of amides is 1. The van der Waals surface area contributed by atoms with Crippen molar-refractivity contribution in [1.29, 1.82) is 0 Å². The van der Waals surface area contributed by atoms with Crippen LogP contribution in [0, 0.1) is 19.7 Å². The third kappa shape index (κ3) is 3.36. The molecular formula is C24H21FN2O4. The second-order valence-corrected chi connectivity index (χ2v) is 7.81. The van der Waals surface area contributed by atoms with Crippen molar-refractivity contribution in [3.05, 3.63) is 59.2 Å². The normalized spacial score (nSPS) is 13.5. The lowest BCUT2D eigenvalue weighted by Gasteiger charge is -2.09. The van der Waals surface area contributed by atoms with Gasteiger partial charge in [0.25, 0.3) is 5.91 Å². The number of aromatic nitrogens is 1. The number of methoxy groups -OCH3 is 1. The first-order chi connectivity index (χ1) is 15.0. The average molecular weight is 420 g/mol. The van der Waals surface area contributed by atoms with E-state index in [1.54, 1.807) is 25.3 Å². The van der Waals surface area contributed by atoms with Gasteiger partial charge in [0.15, 0.2) is 0 Å². The molecule has 7 heteroatoms. The number of fused-ring (bicyclic) bond motifs is 1. The standard InChI is InChI=1S/C24H21FN2O4/c1-12-21(13(2)31-27-12)17-11-20-18(10-19(17)29-3)22(24(28)26-16-8-9-16)23(30-20)14-4-6-15(25)7-5-14/h4-7,10-11,16H,8-9H2,1-3H3,(H,26,28). The maximum Gasteiger partial charge on any atom is 0.256 e. The number of carbonyl (C=O) groups is 1. The fourth-order valence-electron chi connectivity index (χ4n) is 3.87. The predicted molar refractivity (Wildman–Crippen MR) is 114 cm³/mol. The number of hydrogen-bond donors (Lipinski definition) is 1. The van der Waals surface area contributed by atoms with E-state index in [1.807, 2.05) is 19.9 Å². The molecule has 2 aromatic heterocycles. The number of hydrogen-bond acceptors (Lipinski definition) is 5. The van der Waals surface area contributed by atoms with Crippen LogP contribution in [0.25, 0.3) is 33.4 Å². The van der Waals surface area contributed by atoms with Gasteiger partial charge in [-0.25, -0.2) is 4.39 Å². The van der Waals surface area contributed by atoms with Crippen LogP contribution in [-0.2, 0) is 0 Å². The molecule has 5 rings (SSSR count). The second-order valence-electron chi connectivity index (χ2n) is 7.81. The highest BCUT2D eigenvalue weighted by Crippen LogP contribution is 2.42. The Hall–Kier alpha value is -3.61. The molecule has 2 heterocycles. The summed E-state index contributed by atoms with van der Waals surface area (Å²) >= 11 is 0. The minimum atomic E-state index is -0.355. The molecule has 4 aromatic rings. The molecule has 1 amide bonds. The Morgan fingerprint density at radius 3 is 2.55 bits per heavy atom. The van der Waals surface area contributed by atoms with Crippen LogP contribution in [0.5, 0.6) is 5.75 Å². The molecule has 1 N–H and O–H groups in total. The van der Waals surface area contributed by atoms with E-state index in [4.69, 9.17) is 13.7 Å². The largest absolute Gasteiger partial charge is 0.496 e. The van der Waals surface area contributed by atoms with Crippen LogP contribution >= 0.6 is 0 Å². The van der Waals surface area contributed by atoms with Crippen LogP contribution in [0.3, 0.4) is 0 Å². The molecule has 0 spiro atoms. The SMILES string of the molecule is COc1cc2c(C(=O)NC3CC3)c(-c3ccc(F)cc3)oc2cc1-c1c(C)noc1C. The first kappa shape index (κ1) is 19.4. The summed E-state index contributed by atoms with van der Waals surface area (Å²) < 4.78 is 30.6. The van der Waals surface area contributed by atoms with Crippen LogP contribution in [-0.4, -0.2) is 24.2 Å². The van der Waals surface area contributed by atoms with Crippen molar-refractivity contribution in [3.8, 4) is 28.2 Å². The monoisotopic (exact) mass is 420 g/mol. The predicted octanol–water partition coefficient (Wildman–Crippen LogP) is 5.41. The molecule has 0 radical (unpaired) electrons. The number of ether oxygens (including phenoxy) is 1. The first-order valence-electron chi connectivity index (χ1n) is 10.1. The van der Waals surface area contributed by atoms with Gasteiger partial charge in [0.2, 0.25) is 0 Å². The molecular weight excluding hydrogens is 399 g/mol. The molecule has 1 fully saturated rings. The molecule has 0 saturated heterocycles. The first-order valence-corrected chi connectivity index (χ1v) is 10.1. The smallest absolute Gasteiger partial charge is 0.256 e. The number of rotatable bonds is 5. The number of furan rings is 1. The average Bonchev–Trinajstić information content (AvgIpc) is 3.40. The zero-order valence-electron chi connectivity index (χ0n) is 17.4. The van der Waals surface area contributed by atoms with Gasteiger partial charge in [-0.3, -0.25) is 4.79 Å². The maximum absolute atomic E-state index is 13.5. The fourth-order valence-corrected chi connectivity index (χ4v) is 3.87. The maximum atomic E-state index is 13.5. The van der Waals surface area contributed by atoms with Gasteiger partial charge in [-0.05, 0) is 63.1 Å². The third-order valence-corrected chi connectivity index (χ3v) is 5.56. The van der Waals surface area contributed by atoms with Crippen LogP contribution in [0.1, 0.15) is 34.7 Å². The molecule has 0 unspecified atom stereocenters. The highest BCUT2D eigenvalue weighted by atomic mass is 19.1. The summed E-state index contributed by atoms with van der Waals surface area (Å²) in [5, 5.41) is 7.69. The van der Waals surface area contributed by atoms with Crippen molar-refractivity contribution in [2.75, 3.05) is 7.11 Å². The Balaban J connectivity index is 1.75. The Morgan fingerprint density at radius 1 is 1.19 bits per heavy atom. The van der Waals surface area contributed by atoms with E-state index in [-0.39, 0.29) is 17.8 Å². The van der Waals surface area contributed by atoms with Gasteiger partial charge in [0.1, 0.15) is 28.7 Å². The molecule has 1 aliphatic rings. The molecule has 6 nitrogen and oxygen atoms in total. The Labute approximate surface area is 178 Å². The van der Waals surface area contributed by atoms with Crippen molar-refractivity contribution in [2.24, 2.45) is 0 Å². The molecule has 2 aromatic carbocycles. The van der Waals surface area contributed by atoms with Gasteiger partial charge in [-0.15, -0.1) is 0 Å². The van der Waals surface area contributed by atoms with E-state index >= 15 is 0 Å². The number of carbonyl (C=O) groups excluding carboxylic acids is 1. The molecule has 0 atom stereocenters. The van der Waals surface area contributed by atoms with E-state index in [0.29, 0.717) is 39.4 Å². The zero-order chi connectivity index (χ0) is 21.7. The second kappa shape index (κ2) is 7.27. The molecule has 1 aliphatic carbocycles.